The molecule has 0 aliphatic carbocycles. The third-order valence-electron chi connectivity index (χ3n) is 5.08. The van der Waals surface area contributed by atoms with Crippen molar-refractivity contribution < 1.29 is 9.84 Å². The number of ether oxygens (including phenoxy) is 1. The maximum Gasteiger partial charge on any atom is 0.162 e. The number of piperidine rings is 1. The first-order chi connectivity index (χ1) is 13.3. The Morgan fingerprint density at radius 2 is 1.93 bits per heavy atom. The van der Waals surface area contributed by atoms with Gasteiger partial charge in [0, 0.05) is 30.6 Å². The summed E-state index contributed by atoms with van der Waals surface area (Å²) in [6.45, 7) is 4.65. The molecule has 1 aliphatic heterocycles. The summed E-state index contributed by atoms with van der Waals surface area (Å²) >= 11 is 0. The topological polar surface area (TPSA) is 58.5 Å². The lowest BCUT2D eigenvalue weighted by atomic mass is 9.99. The summed E-state index contributed by atoms with van der Waals surface area (Å²) in [5.41, 5.74) is 1.92. The fourth-order valence-electron chi connectivity index (χ4n) is 3.70. The first kappa shape index (κ1) is 17.7. The number of aliphatic hydroxyl groups is 1. The molecule has 0 amide bonds. The number of anilines is 1. The summed E-state index contributed by atoms with van der Waals surface area (Å²) in [5, 5.41) is 10.7. The number of hydrogen-bond acceptors (Lipinski definition) is 5. The molecule has 0 bridgehead atoms. The van der Waals surface area contributed by atoms with Gasteiger partial charge < -0.3 is 14.7 Å². The van der Waals surface area contributed by atoms with Gasteiger partial charge in [-0.3, -0.25) is 0 Å². The van der Waals surface area contributed by atoms with Crippen molar-refractivity contribution in [2.75, 3.05) is 31.2 Å². The molecule has 3 aromatic rings. The summed E-state index contributed by atoms with van der Waals surface area (Å²) in [5.74, 6) is 2.84. The number of rotatable bonds is 5. The van der Waals surface area contributed by atoms with Crippen LogP contribution in [0.3, 0.4) is 0 Å². The zero-order chi connectivity index (χ0) is 18.6. The molecule has 1 N–H and O–H groups in total. The molecule has 1 aliphatic rings. The van der Waals surface area contributed by atoms with Crippen LogP contribution in [0.5, 0.6) is 5.75 Å². The fourth-order valence-corrected chi connectivity index (χ4v) is 3.70. The highest BCUT2D eigenvalue weighted by Gasteiger charge is 2.22. The first-order valence-corrected chi connectivity index (χ1v) is 9.64. The van der Waals surface area contributed by atoms with Crippen molar-refractivity contribution in [3.8, 4) is 17.1 Å². The molecule has 1 unspecified atom stereocenters. The molecular weight excluding hydrogens is 338 g/mol. The molecule has 0 spiro atoms. The monoisotopic (exact) mass is 363 g/mol. The van der Waals surface area contributed by atoms with Gasteiger partial charge in [0.1, 0.15) is 11.6 Å². The second kappa shape index (κ2) is 7.92. The van der Waals surface area contributed by atoms with Gasteiger partial charge in [-0.25, -0.2) is 9.97 Å². The largest absolute Gasteiger partial charge is 0.494 e. The summed E-state index contributed by atoms with van der Waals surface area (Å²) in [7, 11) is 0. The zero-order valence-electron chi connectivity index (χ0n) is 15.6. The van der Waals surface area contributed by atoms with E-state index in [0.29, 0.717) is 12.5 Å². The molecule has 1 atom stereocenters. The van der Waals surface area contributed by atoms with Crippen molar-refractivity contribution in [1.29, 1.82) is 0 Å². The van der Waals surface area contributed by atoms with E-state index in [0.717, 1.165) is 59.8 Å². The fraction of sp³-hybridized carbons (Fsp3) is 0.364. The van der Waals surface area contributed by atoms with Gasteiger partial charge in [0.15, 0.2) is 5.82 Å². The Morgan fingerprint density at radius 1 is 1.11 bits per heavy atom. The predicted octanol–water partition coefficient (Wildman–Crippen LogP) is 3.90. The van der Waals surface area contributed by atoms with E-state index < -0.39 is 0 Å². The van der Waals surface area contributed by atoms with E-state index in [1.165, 1.54) is 0 Å². The number of aliphatic hydroxyl groups excluding tert-OH is 1. The van der Waals surface area contributed by atoms with E-state index in [2.05, 4.69) is 11.0 Å². The molecule has 140 valence electrons. The van der Waals surface area contributed by atoms with Gasteiger partial charge in [0.2, 0.25) is 0 Å². The van der Waals surface area contributed by atoms with Gasteiger partial charge >= 0.3 is 0 Å². The highest BCUT2D eigenvalue weighted by atomic mass is 16.5. The molecule has 5 heteroatoms. The Bertz CT molecular complexity index is 911. The Morgan fingerprint density at radius 3 is 2.70 bits per heavy atom. The molecule has 2 heterocycles. The Balaban J connectivity index is 1.76. The van der Waals surface area contributed by atoms with Gasteiger partial charge in [0.25, 0.3) is 0 Å². The summed E-state index contributed by atoms with van der Waals surface area (Å²) in [6.07, 6.45) is 2.14. The Hall–Kier alpha value is -2.66. The lowest BCUT2D eigenvalue weighted by molar-refractivity contribution is 0.208. The first-order valence-electron chi connectivity index (χ1n) is 9.64. The van der Waals surface area contributed by atoms with Crippen LogP contribution >= 0.6 is 0 Å². The Labute approximate surface area is 159 Å². The predicted molar refractivity (Wildman–Crippen MR) is 108 cm³/mol. The van der Waals surface area contributed by atoms with Crippen LogP contribution in [0.1, 0.15) is 19.8 Å². The van der Waals surface area contributed by atoms with Gasteiger partial charge in [0.05, 0.1) is 12.1 Å². The van der Waals surface area contributed by atoms with E-state index in [9.17, 15) is 5.11 Å². The third-order valence-corrected chi connectivity index (χ3v) is 5.08. The van der Waals surface area contributed by atoms with Crippen molar-refractivity contribution in [3.63, 3.8) is 0 Å². The SMILES string of the molecule is CCOc1ccc(-c2nc(N3CCCC(CO)C3)c3ccccc3n2)cc1. The maximum absolute atomic E-state index is 9.60. The van der Waals surface area contributed by atoms with Crippen LogP contribution < -0.4 is 9.64 Å². The molecule has 4 rings (SSSR count). The lowest BCUT2D eigenvalue weighted by Gasteiger charge is -2.33. The highest BCUT2D eigenvalue weighted by Crippen LogP contribution is 2.31. The van der Waals surface area contributed by atoms with Crippen molar-refractivity contribution in [3.05, 3.63) is 48.5 Å². The molecule has 1 saturated heterocycles. The minimum Gasteiger partial charge on any atom is -0.494 e. The van der Waals surface area contributed by atoms with E-state index in [-0.39, 0.29) is 6.61 Å². The van der Waals surface area contributed by atoms with Crippen LogP contribution in [-0.2, 0) is 0 Å². The number of fused-ring (bicyclic) bond motifs is 1. The normalized spacial score (nSPS) is 17.3. The summed E-state index contributed by atoms with van der Waals surface area (Å²) in [4.78, 5) is 12.0. The molecule has 0 radical (unpaired) electrons. The molecule has 2 aromatic carbocycles. The van der Waals surface area contributed by atoms with Crippen LogP contribution in [0.25, 0.3) is 22.3 Å². The highest BCUT2D eigenvalue weighted by molar-refractivity contribution is 5.91. The second-order valence-corrected chi connectivity index (χ2v) is 6.98. The zero-order valence-corrected chi connectivity index (χ0v) is 15.6. The van der Waals surface area contributed by atoms with Crippen molar-refractivity contribution in [1.82, 2.24) is 9.97 Å². The number of aromatic nitrogens is 2. The van der Waals surface area contributed by atoms with Crippen molar-refractivity contribution in [2.45, 2.75) is 19.8 Å². The van der Waals surface area contributed by atoms with Gasteiger partial charge in [-0.2, -0.15) is 0 Å². The molecule has 1 fully saturated rings. The van der Waals surface area contributed by atoms with Crippen LogP contribution in [0.2, 0.25) is 0 Å². The smallest absolute Gasteiger partial charge is 0.162 e. The van der Waals surface area contributed by atoms with Crippen LogP contribution in [0, 0.1) is 5.92 Å². The third kappa shape index (κ3) is 3.74. The maximum atomic E-state index is 9.60. The van der Waals surface area contributed by atoms with Gasteiger partial charge in [-0.15, -0.1) is 0 Å². The van der Waals surface area contributed by atoms with Crippen molar-refractivity contribution in [2.24, 2.45) is 5.92 Å². The van der Waals surface area contributed by atoms with Gasteiger partial charge in [-0.05, 0) is 62.1 Å². The molecule has 1 aromatic heterocycles. The van der Waals surface area contributed by atoms with E-state index in [1.807, 2.05) is 49.4 Å². The van der Waals surface area contributed by atoms with Crippen LogP contribution in [-0.4, -0.2) is 41.4 Å². The minimum atomic E-state index is 0.227. The number of nitrogens with zero attached hydrogens (tertiary/aromatic N) is 3. The molecule has 5 nitrogen and oxygen atoms in total. The van der Waals surface area contributed by atoms with Crippen molar-refractivity contribution >= 4 is 16.7 Å². The minimum absolute atomic E-state index is 0.227. The average Bonchev–Trinajstić information content (AvgIpc) is 2.74. The Kier molecular flexibility index (Phi) is 5.21. The van der Waals surface area contributed by atoms with E-state index in [1.54, 1.807) is 0 Å². The van der Waals surface area contributed by atoms with E-state index >= 15 is 0 Å². The van der Waals surface area contributed by atoms with E-state index in [4.69, 9.17) is 14.7 Å². The van der Waals surface area contributed by atoms with Crippen LogP contribution in [0.4, 0.5) is 5.82 Å². The average molecular weight is 363 g/mol. The quantitative estimate of drug-likeness (QED) is 0.745. The summed E-state index contributed by atoms with van der Waals surface area (Å²) < 4.78 is 5.54. The van der Waals surface area contributed by atoms with Crippen LogP contribution in [0.15, 0.2) is 48.5 Å². The lowest BCUT2D eigenvalue weighted by Crippen LogP contribution is -2.37. The standard InChI is InChI=1S/C22H25N3O2/c1-2-27-18-11-9-17(10-12-18)21-23-20-8-4-3-7-19(20)22(24-21)25-13-5-6-16(14-25)15-26/h3-4,7-12,16,26H,2,5-6,13-15H2,1H3. The molecule has 27 heavy (non-hydrogen) atoms. The number of hydrogen-bond donors (Lipinski definition) is 1. The molecular formula is C22H25N3O2. The number of para-hydroxylation sites is 1. The molecule has 0 saturated carbocycles. The second-order valence-electron chi connectivity index (χ2n) is 6.98. The summed E-state index contributed by atoms with van der Waals surface area (Å²) in [6, 6.07) is 16.1. The number of benzene rings is 2. The van der Waals surface area contributed by atoms with Gasteiger partial charge in [-0.1, -0.05) is 12.1 Å².